The van der Waals surface area contributed by atoms with Crippen LogP contribution in [-0.2, 0) is 0 Å². The molecule has 0 fully saturated rings. The molecule has 2 rings (SSSR count). The molecule has 0 unspecified atom stereocenters. The van der Waals surface area contributed by atoms with E-state index in [4.69, 9.17) is 5.73 Å². The highest BCUT2D eigenvalue weighted by molar-refractivity contribution is 5.95. The summed E-state index contributed by atoms with van der Waals surface area (Å²) in [6, 6.07) is 0. The van der Waals surface area contributed by atoms with Gasteiger partial charge in [0, 0.05) is 0 Å². The van der Waals surface area contributed by atoms with Gasteiger partial charge in [0.1, 0.15) is 12.5 Å². The summed E-state index contributed by atoms with van der Waals surface area (Å²) in [6.45, 7) is 1.22. The van der Waals surface area contributed by atoms with Gasteiger partial charge in [-0.3, -0.25) is 14.2 Å². The van der Waals surface area contributed by atoms with Crippen LogP contribution in [0.25, 0.3) is 0 Å². The lowest BCUT2D eigenvalue weighted by Crippen LogP contribution is -2.51. The second-order valence-electron chi connectivity index (χ2n) is 4.36. The summed E-state index contributed by atoms with van der Waals surface area (Å²) in [7, 11) is 4.05. The Hall–Kier alpha value is -1.89. The van der Waals surface area contributed by atoms with Gasteiger partial charge in [0.25, 0.3) is 5.91 Å². The van der Waals surface area contributed by atoms with E-state index >= 15 is 0 Å². The van der Waals surface area contributed by atoms with Gasteiger partial charge in [0.05, 0.1) is 20.4 Å². The molecule has 16 heavy (non-hydrogen) atoms. The molecule has 1 aliphatic rings. The maximum Gasteiger partial charge on any atom is 0.271 e. The predicted molar refractivity (Wildman–Crippen MR) is 59.9 cm³/mol. The number of carbonyl (C=O) groups excluding carboxylic acids is 1. The fraction of sp³-hybridized carbons (Fsp3) is 0.444. The molecule has 1 aliphatic heterocycles. The van der Waals surface area contributed by atoms with Gasteiger partial charge >= 0.3 is 0 Å². The number of quaternary nitrogens is 1. The number of carbonyl (C=O) groups is 1. The Morgan fingerprint density at radius 3 is 3.00 bits per heavy atom. The number of aromatic nitrogens is 2. The summed E-state index contributed by atoms with van der Waals surface area (Å²) < 4.78 is 0.622. The fourth-order valence-corrected chi connectivity index (χ4v) is 1.73. The van der Waals surface area contributed by atoms with Gasteiger partial charge in [-0.15, -0.1) is 0 Å². The number of aliphatic imine (C=N–C) groups is 1. The van der Waals surface area contributed by atoms with Crippen molar-refractivity contribution < 1.29 is 9.28 Å². The number of anilines is 1. The van der Waals surface area contributed by atoms with Crippen molar-refractivity contribution in [1.82, 2.24) is 9.97 Å². The fourth-order valence-electron chi connectivity index (χ4n) is 1.73. The molecule has 86 valence electrons. The summed E-state index contributed by atoms with van der Waals surface area (Å²) in [5.74, 6) is 0.103. The molecule has 0 atom stereocenters. The number of nitrogens with two attached hydrogens (primary N) is 1. The zero-order chi connectivity index (χ0) is 11.8. The Morgan fingerprint density at radius 2 is 2.38 bits per heavy atom. The average molecular weight is 223 g/mol. The van der Waals surface area contributed by atoms with E-state index in [1.807, 2.05) is 25.3 Å². The summed E-state index contributed by atoms with van der Waals surface area (Å²) in [5.41, 5.74) is 5.50. The smallest absolute Gasteiger partial charge is 0.271 e. The van der Waals surface area contributed by atoms with Crippen LogP contribution in [0.5, 0.6) is 0 Å². The highest BCUT2D eigenvalue weighted by Gasteiger charge is 2.26. The first-order chi connectivity index (χ1) is 7.49. The SMILES string of the molecule is C[N+]1(C)C=NCN(c2[nH]cnc2C(N)=O)C1. The van der Waals surface area contributed by atoms with Crippen LogP contribution in [0.15, 0.2) is 11.3 Å². The Bertz CT molecular complexity index is 435. The molecule has 0 aliphatic carbocycles. The third kappa shape index (κ3) is 1.89. The number of hydrogen-bond acceptors (Lipinski definition) is 4. The summed E-state index contributed by atoms with van der Waals surface area (Å²) >= 11 is 0. The Balaban J connectivity index is 2.29. The van der Waals surface area contributed by atoms with Gasteiger partial charge in [0.2, 0.25) is 0 Å². The normalized spacial score (nSPS) is 18.8. The van der Waals surface area contributed by atoms with Crippen molar-refractivity contribution in [2.45, 2.75) is 0 Å². The zero-order valence-electron chi connectivity index (χ0n) is 9.34. The van der Waals surface area contributed by atoms with Gasteiger partial charge in [-0.1, -0.05) is 0 Å². The van der Waals surface area contributed by atoms with Crippen molar-refractivity contribution in [3.8, 4) is 0 Å². The third-order valence-electron chi connectivity index (χ3n) is 2.35. The zero-order valence-corrected chi connectivity index (χ0v) is 9.34. The van der Waals surface area contributed by atoms with E-state index in [9.17, 15) is 4.79 Å². The van der Waals surface area contributed by atoms with Crippen molar-refractivity contribution in [3.63, 3.8) is 0 Å². The number of H-pyrrole nitrogens is 1. The molecule has 0 saturated carbocycles. The summed E-state index contributed by atoms with van der Waals surface area (Å²) in [5, 5.41) is 0. The number of nitrogens with zero attached hydrogens (tertiary/aromatic N) is 4. The molecule has 0 aromatic carbocycles. The van der Waals surface area contributed by atoms with Crippen LogP contribution < -0.4 is 10.6 Å². The molecule has 7 nitrogen and oxygen atoms in total. The van der Waals surface area contributed by atoms with Crippen LogP contribution >= 0.6 is 0 Å². The van der Waals surface area contributed by atoms with Crippen LogP contribution in [0, 0.1) is 0 Å². The highest BCUT2D eigenvalue weighted by atomic mass is 16.1. The minimum Gasteiger partial charge on any atom is -0.364 e. The number of hydrogen-bond donors (Lipinski definition) is 2. The summed E-state index contributed by atoms with van der Waals surface area (Å²) in [4.78, 5) is 24.2. The number of rotatable bonds is 2. The molecular weight excluding hydrogens is 208 g/mol. The van der Waals surface area contributed by atoms with Crippen LogP contribution in [0.1, 0.15) is 10.5 Å². The van der Waals surface area contributed by atoms with E-state index in [-0.39, 0.29) is 5.69 Å². The van der Waals surface area contributed by atoms with Crippen LogP contribution in [-0.4, -0.2) is 54.1 Å². The van der Waals surface area contributed by atoms with Crippen molar-refractivity contribution >= 4 is 18.1 Å². The lowest BCUT2D eigenvalue weighted by molar-refractivity contribution is -0.793. The van der Waals surface area contributed by atoms with Gasteiger partial charge in [0.15, 0.2) is 18.7 Å². The average Bonchev–Trinajstić information content (AvgIpc) is 2.64. The van der Waals surface area contributed by atoms with Crippen molar-refractivity contribution in [1.29, 1.82) is 0 Å². The molecule has 1 amide bonds. The minimum atomic E-state index is -0.531. The van der Waals surface area contributed by atoms with E-state index in [1.54, 1.807) is 0 Å². The maximum atomic E-state index is 11.2. The van der Waals surface area contributed by atoms with E-state index < -0.39 is 5.91 Å². The van der Waals surface area contributed by atoms with Gasteiger partial charge in [-0.2, -0.15) is 0 Å². The molecule has 1 aromatic heterocycles. The van der Waals surface area contributed by atoms with Gasteiger partial charge < -0.3 is 10.7 Å². The molecule has 0 spiro atoms. The number of imidazole rings is 1. The van der Waals surface area contributed by atoms with Crippen LogP contribution in [0.2, 0.25) is 0 Å². The first-order valence-electron chi connectivity index (χ1n) is 4.91. The molecule has 0 radical (unpaired) electrons. The molecule has 2 heterocycles. The second kappa shape index (κ2) is 3.60. The van der Waals surface area contributed by atoms with Gasteiger partial charge in [-0.25, -0.2) is 9.98 Å². The van der Waals surface area contributed by atoms with Crippen molar-refractivity contribution in [2.75, 3.05) is 32.3 Å². The van der Waals surface area contributed by atoms with Crippen LogP contribution in [0.3, 0.4) is 0 Å². The van der Waals surface area contributed by atoms with Gasteiger partial charge in [-0.05, 0) is 0 Å². The Labute approximate surface area is 93.2 Å². The second-order valence-corrected chi connectivity index (χ2v) is 4.36. The highest BCUT2D eigenvalue weighted by Crippen LogP contribution is 2.18. The molecule has 1 aromatic rings. The lowest BCUT2D eigenvalue weighted by atomic mass is 10.4. The Morgan fingerprint density at radius 1 is 1.62 bits per heavy atom. The monoisotopic (exact) mass is 223 g/mol. The number of amides is 1. The quantitative estimate of drug-likeness (QED) is 0.653. The van der Waals surface area contributed by atoms with Crippen molar-refractivity contribution in [3.05, 3.63) is 12.0 Å². The lowest BCUT2D eigenvalue weighted by Gasteiger charge is -2.34. The molecular formula is C9H15N6O+. The van der Waals surface area contributed by atoms with E-state index in [1.165, 1.54) is 6.33 Å². The molecule has 0 saturated heterocycles. The largest absolute Gasteiger partial charge is 0.364 e. The number of nitrogens with one attached hydrogen (secondary N) is 1. The van der Waals surface area contributed by atoms with E-state index in [0.29, 0.717) is 23.6 Å². The standard InChI is InChI=1S/C9H14N6O/c1-15(2)5-11-4-14(6-15)9-7(8(10)16)12-3-13-9/h3,5H,4,6H2,1-2H3,(H2-,10,12,13,16)/p+1. The summed E-state index contributed by atoms with van der Waals surface area (Å²) in [6.07, 6.45) is 3.34. The van der Waals surface area contributed by atoms with E-state index in [0.717, 1.165) is 0 Å². The topological polar surface area (TPSA) is 87.4 Å². The van der Waals surface area contributed by atoms with Crippen molar-refractivity contribution in [2.24, 2.45) is 10.7 Å². The number of primary amides is 1. The number of aromatic amines is 1. The Kier molecular flexibility index (Phi) is 2.39. The minimum absolute atomic E-state index is 0.261. The first kappa shape index (κ1) is 10.6. The molecule has 0 bridgehead atoms. The van der Waals surface area contributed by atoms with E-state index in [2.05, 4.69) is 15.0 Å². The first-order valence-corrected chi connectivity index (χ1v) is 4.91. The van der Waals surface area contributed by atoms with Crippen LogP contribution in [0.4, 0.5) is 5.82 Å². The third-order valence-corrected chi connectivity index (χ3v) is 2.35. The predicted octanol–water partition coefficient (Wildman–Crippen LogP) is -0.652. The molecule has 7 heteroatoms. The molecule has 3 N–H and O–H groups in total. The maximum absolute atomic E-state index is 11.2.